The van der Waals surface area contributed by atoms with Gasteiger partial charge in [0.25, 0.3) is 5.56 Å². The molecule has 2 N–H and O–H groups in total. The van der Waals surface area contributed by atoms with E-state index in [2.05, 4.69) is 27.0 Å². The summed E-state index contributed by atoms with van der Waals surface area (Å²) in [5, 5.41) is 17.1. The molecule has 0 bridgehead atoms. The predicted molar refractivity (Wildman–Crippen MR) is 153 cm³/mol. The van der Waals surface area contributed by atoms with Crippen molar-refractivity contribution < 1.29 is 9.90 Å². The molecule has 2 aliphatic rings. The first-order valence-corrected chi connectivity index (χ1v) is 13.8. The molecule has 6 rings (SSSR count). The largest absolute Gasteiger partial charge is 0.465 e. The van der Waals surface area contributed by atoms with Gasteiger partial charge in [-0.3, -0.25) is 14.3 Å². The van der Waals surface area contributed by atoms with Crippen molar-refractivity contribution in [3.8, 4) is 0 Å². The van der Waals surface area contributed by atoms with Crippen LogP contribution in [-0.2, 0) is 20.0 Å². The Balaban J connectivity index is 1.42. The number of nitrogens with one attached hydrogen (secondary N) is 1. The van der Waals surface area contributed by atoms with Gasteiger partial charge in [0.2, 0.25) is 5.95 Å². The normalized spacial score (nSPS) is 16.6. The third-order valence-electron chi connectivity index (χ3n) is 8.23. The number of rotatable bonds is 6. The van der Waals surface area contributed by atoms with Crippen LogP contribution in [0.4, 0.5) is 22.2 Å². The Bertz CT molecular complexity index is 1610. The van der Waals surface area contributed by atoms with Gasteiger partial charge in [-0.05, 0) is 48.8 Å². The van der Waals surface area contributed by atoms with E-state index in [4.69, 9.17) is 15.2 Å². The number of aryl methyl sites for hydroxylation is 1. The van der Waals surface area contributed by atoms with Gasteiger partial charge in [0.05, 0.1) is 17.9 Å². The number of carboxylic acid groups (broad SMARTS) is 1. The molecule has 1 saturated heterocycles. The summed E-state index contributed by atoms with van der Waals surface area (Å²) >= 11 is 0. The number of nitrogens with zero attached hydrogens (tertiary/aromatic N) is 7. The third kappa shape index (κ3) is 4.76. The summed E-state index contributed by atoms with van der Waals surface area (Å²) in [5.74, 6) is 1.22. The Morgan fingerprint density at radius 3 is 2.62 bits per heavy atom. The number of hydrogen-bond donors (Lipinski definition) is 2. The Hall–Kier alpha value is -4.41. The number of amides is 1. The van der Waals surface area contributed by atoms with Gasteiger partial charge in [-0.2, -0.15) is 10.1 Å². The van der Waals surface area contributed by atoms with Crippen molar-refractivity contribution in [1.29, 1.82) is 0 Å². The highest BCUT2D eigenvalue weighted by molar-refractivity contribution is 5.91. The molecule has 0 saturated carbocycles. The number of fused-ring (bicyclic) bond motifs is 2. The molecular formula is C29H34N8O3. The number of pyridine rings is 1. The molecule has 0 aliphatic carbocycles. The number of piperidine rings is 1. The highest BCUT2D eigenvalue weighted by atomic mass is 16.4. The number of carbonyl (C=O) groups is 1. The molecule has 208 valence electrons. The minimum Gasteiger partial charge on any atom is -0.465 e. The fraction of sp³-hybridized carbons (Fsp3) is 0.414. The molecule has 11 nitrogen and oxygen atoms in total. The van der Waals surface area contributed by atoms with E-state index in [1.807, 2.05) is 53.3 Å². The van der Waals surface area contributed by atoms with Gasteiger partial charge in [0.15, 0.2) is 11.5 Å². The van der Waals surface area contributed by atoms with E-state index < -0.39 is 6.09 Å². The van der Waals surface area contributed by atoms with E-state index >= 15 is 0 Å². The maximum atomic E-state index is 14.1. The lowest BCUT2D eigenvalue weighted by Gasteiger charge is -2.40. The number of aromatic nitrogens is 5. The van der Waals surface area contributed by atoms with Gasteiger partial charge in [-0.15, -0.1) is 0 Å². The average molecular weight is 543 g/mol. The van der Waals surface area contributed by atoms with Crippen LogP contribution in [0.3, 0.4) is 0 Å². The molecule has 40 heavy (non-hydrogen) atoms. The molecule has 1 amide bonds. The molecule has 5 heterocycles. The smallest absolute Gasteiger partial charge is 0.404 e. The summed E-state index contributed by atoms with van der Waals surface area (Å²) in [4.78, 5) is 39.0. The quantitative estimate of drug-likeness (QED) is 0.380. The molecule has 0 radical (unpaired) electrons. The molecule has 11 heteroatoms. The molecule has 1 aromatic carbocycles. The lowest BCUT2D eigenvalue weighted by molar-refractivity contribution is 0.178. The molecule has 4 aromatic rings. The molecule has 1 fully saturated rings. The summed E-state index contributed by atoms with van der Waals surface area (Å²) < 4.78 is 3.48. The van der Waals surface area contributed by atoms with E-state index in [-0.39, 0.29) is 11.0 Å². The molecular weight excluding hydrogens is 508 g/mol. The number of hydrogen-bond acceptors (Lipinski definition) is 7. The molecule has 0 unspecified atom stereocenters. The first-order valence-electron chi connectivity index (χ1n) is 13.8. The van der Waals surface area contributed by atoms with Crippen LogP contribution < -0.4 is 20.7 Å². The minimum atomic E-state index is -1.01. The van der Waals surface area contributed by atoms with Crippen LogP contribution in [0.15, 0.2) is 53.5 Å². The van der Waals surface area contributed by atoms with Crippen molar-refractivity contribution in [2.45, 2.75) is 39.2 Å². The Labute approximate surface area is 232 Å². The topological polar surface area (TPSA) is 121 Å². The van der Waals surface area contributed by atoms with Crippen LogP contribution in [0.1, 0.15) is 37.4 Å². The minimum absolute atomic E-state index is 0.133. The zero-order chi connectivity index (χ0) is 27.9. The maximum absolute atomic E-state index is 14.1. The lowest BCUT2D eigenvalue weighted by Crippen LogP contribution is -2.46. The Morgan fingerprint density at radius 2 is 1.88 bits per heavy atom. The highest BCUT2D eigenvalue weighted by Crippen LogP contribution is 2.36. The maximum Gasteiger partial charge on any atom is 0.404 e. The van der Waals surface area contributed by atoms with Gasteiger partial charge in [0, 0.05) is 39.4 Å². The monoisotopic (exact) mass is 542 g/mol. The van der Waals surface area contributed by atoms with Crippen molar-refractivity contribution in [2.24, 2.45) is 12.5 Å². The van der Waals surface area contributed by atoms with Crippen LogP contribution >= 0.6 is 0 Å². The average Bonchev–Trinajstić information content (AvgIpc) is 3.32. The second-order valence-electron chi connectivity index (χ2n) is 11.1. The van der Waals surface area contributed by atoms with Gasteiger partial charge < -0.3 is 20.2 Å². The van der Waals surface area contributed by atoms with E-state index in [1.165, 1.54) is 0 Å². The second-order valence-corrected chi connectivity index (χ2v) is 11.1. The third-order valence-corrected chi connectivity index (χ3v) is 8.23. The van der Waals surface area contributed by atoms with Crippen LogP contribution in [0.25, 0.3) is 11.0 Å². The summed E-state index contributed by atoms with van der Waals surface area (Å²) in [6.45, 7) is 5.09. The summed E-state index contributed by atoms with van der Waals surface area (Å²) in [6.07, 6.45) is 4.19. The van der Waals surface area contributed by atoms with E-state index in [0.717, 1.165) is 49.2 Å². The number of benzene rings is 1. The van der Waals surface area contributed by atoms with Crippen LogP contribution in [-0.4, -0.2) is 61.7 Å². The van der Waals surface area contributed by atoms with Crippen LogP contribution in [0.2, 0.25) is 0 Å². The first kappa shape index (κ1) is 25.8. The van der Waals surface area contributed by atoms with Crippen LogP contribution in [0.5, 0.6) is 0 Å². The van der Waals surface area contributed by atoms with Gasteiger partial charge >= 0.3 is 6.09 Å². The van der Waals surface area contributed by atoms with Gasteiger partial charge in [0.1, 0.15) is 5.39 Å². The lowest BCUT2D eigenvalue weighted by atomic mass is 9.80. The molecule has 2 aliphatic heterocycles. The standard InChI is InChI=1S/C29H34N8O3/c1-29(19-31-28(39)40)12-16-35(17-13-29)27-32-24-23(26(38)34(27)2)25(33-37(24)18-20-8-4-3-5-9-20)36-15-7-10-21-22(36)11-6-14-30-21/h3-6,8-9,11,14,31H,7,10,12-13,15-19H2,1-2H3,(H,39,40). The van der Waals surface area contributed by atoms with Crippen molar-refractivity contribution >= 4 is 34.6 Å². The van der Waals surface area contributed by atoms with E-state index in [1.54, 1.807) is 11.6 Å². The fourth-order valence-electron chi connectivity index (χ4n) is 5.84. The Kier molecular flexibility index (Phi) is 6.65. The zero-order valence-electron chi connectivity index (χ0n) is 22.9. The first-order chi connectivity index (χ1) is 19.3. The van der Waals surface area contributed by atoms with Crippen molar-refractivity contribution in [2.75, 3.05) is 36.0 Å². The van der Waals surface area contributed by atoms with E-state index in [0.29, 0.717) is 49.0 Å². The van der Waals surface area contributed by atoms with Gasteiger partial charge in [-0.1, -0.05) is 37.3 Å². The molecule has 0 atom stereocenters. The molecule has 3 aromatic heterocycles. The Morgan fingerprint density at radius 1 is 1.10 bits per heavy atom. The van der Waals surface area contributed by atoms with E-state index in [9.17, 15) is 9.59 Å². The van der Waals surface area contributed by atoms with Crippen molar-refractivity contribution in [1.82, 2.24) is 29.6 Å². The van der Waals surface area contributed by atoms with Crippen molar-refractivity contribution in [3.63, 3.8) is 0 Å². The SMILES string of the molecule is Cn1c(N2CCC(C)(CNC(=O)O)CC2)nc2c(c(N3CCCc4ncccc43)nn2Cc2ccccc2)c1=O. The zero-order valence-corrected chi connectivity index (χ0v) is 22.9. The summed E-state index contributed by atoms with van der Waals surface area (Å²) in [5.41, 5.74) is 3.35. The highest BCUT2D eigenvalue weighted by Gasteiger charge is 2.33. The summed E-state index contributed by atoms with van der Waals surface area (Å²) in [7, 11) is 1.77. The summed E-state index contributed by atoms with van der Waals surface area (Å²) in [6, 6.07) is 14.0. The van der Waals surface area contributed by atoms with Crippen molar-refractivity contribution in [3.05, 3.63) is 70.3 Å². The van der Waals surface area contributed by atoms with Gasteiger partial charge in [-0.25, -0.2) is 9.48 Å². The molecule has 0 spiro atoms. The number of anilines is 3. The second kappa shape index (κ2) is 10.3. The predicted octanol–water partition coefficient (Wildman–Crippen LogP) is 3.53. The van der Waals surface area contributed by atoms with Crippen LogP contribution in [0, 0.1) is 5.41 Å². The fourth-order valence-corrected chi connectivity index (χ4v) is 5.84.